The zero-order valence-electron chi connectivity index (χ0n) is 14.6. The zero-order chi connectivity index (χ0) is 16.8. The Balaban J connectivity index is 0.00000225. The molecule has 138 valence electrons. The van der Waals surface area contributed by atoms with E-state index < -0.39 is 0 Å². The van der Waals surface area contributed by atoms with Gasteiger partial charge in [0.25, 0.3) is 0 Å². The first-order valence-electron chi connectivity index (χ1n) is 8.24. The molecule has 0 bridgehead atoms. The van der Waals surface area contributed by atoms with Gasteiger partial charge in [0.05, 0.1) is 23.7 Å². The van der Waals surface area contributed by atoms with E-state index in [0.717, 1.165) is 42.2 Å². The van der Waals surface area contributed by atoms with Crippen LogP contribution in [0.3, 0.4) is 0 Å². The normalized spacial score (nSPS) is 14.2. The Labute approximate surface area is 169 Å². The van der Waals surface area contributed by atoms with Gasteiger partial charge in [-0.05, 0) is 30.2 Å². The second-order valence-corrected chi connectivity index (χ2v) is 6.91. The lowest BCUT2D eigenvalue weighted by atomic mass is 10.4. The Morgan fingerprint density at radius 1 is 1.52 bits per heavy atom. The van der Waals surface area contributed by atoms with Crippen LogP contribution in [0.2, 0.25) is 0 Å². The molecule has 3 rings (SSSR count). The molecular formula is C17H25IN4O2S. The molecule has 8 heteroatoms. The molecule has 2 aromatic rings. The second kappa shape index (κ2) is 10.1. The van der Waals surface area contributed by atoms with Crippen LogP contribution in [0.25, 0.3) is 10.8 Å². The fourth-order valence-corrected chi connectivity index (χ4v) is 2.95. The van der Waals surface area contributed by atoms with Crippen LogP contribution in [0.4, 0.5) is 0 Å². The van der Waals surface area contributed by atoms with E-state index in [2.05, 4.69) is 20.2 Å². The van der Waals surface area contributed by atoms with E-state index in [1.807, 2.05) is 24.6 Å². The van der Waals surface area contributed by atoms with Crippen molar-refractivity contribution in [3.8, 4) is 10.8 Å². The van der Waals surface area contributed by atoms with Crippen molar-refractivity contribution in [2.75, 3.05) is 33.9 Å². The molecule has 6 nitrogen and oxygen atoms in total. The van der Waals surface area contributed by atoms with Crippen LogP contribution < -0.4 is 5.32 Å². The number of aliphatic imine (C=N–C) groups is 1. The van der Waals surface area contributed by atoms with E-state index in [9.17, 15) is 0 Å². The zero-order valence-corrected chi connectivity index (χ0v) is 17.8. The third-order valence-electron chi connectivity index (χ3n) is 3.91. The third kappa shape index (κ3) is 6.27. The van der Waals surface area contributed by atoms with E-state index >= 15 is 0 Å². The smallest absolute Gasteiger partial charge is 0.236 e. The van der Waals surface area contributed by atoms with Crippen LogP contribution in [-0.2, 0) is 11.3 Å². The van der Waals surface area contributed by atoms with Crippen molar-refractivity contribution in [1.82, 2.24) is 15.2 Å². The molecule has 1 aliphatic carbocycles. The Kier molecular flexibility index (Phi) is 8.17. The highest BCUT2D eigenvalue weighted by molar-refractivity contribution is 14.0. The molecule has 2 aromatic heterocycles. The van der Waals surface area contributed by atoms with E-state index in [-0.39, 0.29) is 24.0 Å². The minimum absolute atomic E-state index is 0. The standard InChI is InChI=1S/C17H24N4O2S.HI/c1-18-17(21(2)7-8-22-11-13-5-6-13)19-10-14-12-23-16(20-14)15-4-3-9-24-15;/h3-4,9,12-13H,5-8,10-11H2,1-2H3,(H,18,19);1H. The highest BCUT2D eigenvalue weighted by atomic mass is 127. The Morgan fingerprint density at radius 2 is 2.36 bits per heavy atom. The summed E-state index contributed by atoms with van der Waals surface area (Å²) in [6.07, 6.45) is 4.34. The SMILES string of the molecule is CN=C(NCc1coc(-c2cccs2)n1)N(C)CCOCC1CC1.I. The number of nitrogens with one attached hydrogen (secondary N) is 1. The number of hydrogen-bond acceptors (Lipinski definition) is 5. The van der Waals surface area contributed by atoms with Crippen molar-refractivity contribution >= 4 is 41.3 Å². The molecule has 1 N–H and O–H groups in total. The molecule has 0 amide bonds. The van der Waals surface area contributed by atoms with Gasteiger partial charge in [0, 0.05) is 27.2 Å². The quantitative estimate of drug-likeness (QED) is 0.274. The van der Waals surface area contributed by atoms with Crippen molar-refractivity contribution < 1.29 is 9.15 Å². The predicted molar refractivity (Wildman–Crippen MR) is 112 cm³/mol. The van der Waals surface area contributed by atoms with E-state index in [1.54, 1.807) is 24.6 Å². The second-order valence-electron chi connectivity index (χ2n) is 5.96. The van der Waals surface area contributed by atoms with Gasteiger partial charge in [0.15, 0.2) is 5.96 Å². The summed E-state index contributed by atoms with van der Waals surface area (Å²) in [5.74, 6) is 2.29. The lowest BCUT2D eigenvalue weighted by molar-refractivity contribution is 0.115. The molecule has 1 fully saturated rings. The highest BCUT2D eigenvalue weighted by Crippen LogP contribution is 2.28. The Hall–Kier alpha value is -1.13. The molecule has 0 atom stereocenters. The van der Waals surface area contributed by atoms with Crippen LogP contribution in [0.1, 0.15) is 18.5 Å². The topological polar surface area (TPSA) is 62.9 Å². The van der Waals surface area contributed by atoms with Crippen LogP contribution in [-0.4, -0.2) is 49.7 Å². The minimum Gasteiger partial charge on any atom is -0.443 e. The fraction of sp³-hybridized carbons (Fsp3) is 0.529. The lowest BCUT2D eigenvalue weighted by Crippen LogP contribution is -2.40. The summed E-state index contributed by atoms with van der Waals surface area (Å²) >= 11 is 1.62. The number of aromatic nitrogens is 1. The van der Waals surface area contributed by atoms with Crippen molar-refractivity contribution in [2.24, 2.45) is 10.9 Å². The summed E-state index contributed by atoms with van der Waals surface area (Å²) in [7, 11) is 3.79. The number of hydrogen-bond donors (Lipinski definition) is 1. The molecule has 1 saturated carbocycles. The highest BCUT2D eigenvalue weighted by Gasteiger charge is 2.21. The van der Waals surface area contributed by atoms with Gasteiger partial charge in [-0.1, -0.05) is 6.07 Å². The number of oxazole rings is 1. The maximum Gasteiger partial charge on any atom is 0.236 e. The molecule has 0 unspecified atom stereocenters. The molecule has 1 aliphatic rings. The monoisotopic (exact) mass is 476 g/mol. The third-order valence-corrected chi connectivity index (χ3v) is 4.76. The van der Waals surface area contributed by atoms with E-state index in [4.69, 9.17) is 9.15 Å². The van der Waals surface area contributed by atoms with Gasteiger partial charge in [-0.25, -0.2) is 4.98 Å². The Bertz CT molecular complexity index is 655. The molecule has 0 saturated heterocycles. The number of thiophene rings is 1. The first-order chi connectivity index (χ1) is 11.8. The van der Waals surface area contributed by atoms with Crippen molar-refractivity contribution in [3.63, 3.8) is 0 Å². The lowest BCUT2D eigenvalue weighted by Gasteiger charge is -2.21. The van der Waals surface area contributed by atoms with Crippen molar-refractivity contribution in [1.29, 1.82) is 0 Å². The predicted octanol–water partition coefficient (Wildman–Crippen LogP) is 3.45. The van der Waals surface area contributed by atoms with Gasteiger partial charge in [-0.3, -0.25) is 4.99 Å². The van der Waals surface area contributed by atoms with Crippen LogP contribution in [0, 0.1) is 5.92 Å². The first-order valence-corrected chi connectivity index (χ1v) is 9.12. The summed E-state index contributed by atoms with van der Waals surface area (Å²) < 4.78 is 11.2. The number of likely N-dealkylation sites (N-methyl/N-ethyl adjacent to an activating group) is 1. The fourth-order valence-electron chi connectivity index (χ4n) is 2.30. The van der Waals surface area contributed by atoms with Crippen LogP contribution in [0.15, 0.2) is 33.2 Å². The van der Waals surface area contributed by atoms with Gasteiger partial charge in [-0.15, -0.1) is 35.3 Å². The molecule has 0 spiro atoms. The van der Waals surface area contributed by atoms with E-state index in [1.165, 1.54) is 12.8 Å². The number of guanidine groups is 1. The van der Waals surface area contributed by atoms with E-state index in [0.29, 0.717) is 12.4 Å². The van der Waals surface area contributed by atoms with Gasteiger partial charge >= 0.3 is 0 Å². The average Bonchev–Trinajstić information content (AvgIpc) is 3.06. The summed E-state index contributed by atoms with van der Waals surface area (Å²) in [4.78, 5) is 11.9. The Morgan fingerprint density at radius 3 is 3.04 bits per heavy atom. The summed E-state index contributed by atoms with van der Waals surface area (Å²) in [6.45, 7) is 3.00. The number of nitrogens with zero attached hydrogens (tertiary/aromatic N) is 3. The maximum atomic E-state index is 5.68. The van der Waals surface area contributed by atoms with Crippen LogP contribution in [0.5, 0.6) is 0 Å². The van der Waals surface area contributed by atoms with Gasteiger partial charge in [0.1, 0.15) is 6.26 Å². The van der Waals surface area contributed by atoms with Crippen molar-refractivity contribution in [3.05, 3.63) is 29.5 Å². The molecule has 0 radical (unpaired) electrons. The first kappa shape index (κ1) is 20.2. The van der Waals surface area contributed by atoms with Crippen LogP contribution >= 0.6 is 35.3 Å². The average molecular weight is 476 g/mol. The molecule has 0 aromatic carbocycles. The number of rotatable bonds is 8. The largest absolute Gasteiger partial charge is 0.443 e. The molecule has 0 aliphatic heterocycles. The van der Waals surface area contributed by atoms with Gasteiger partial charge in [0.2, 0.25) is 5.89 Å². The van der Waals surface area contributed by atoms with Gasteiger partial charge < -0.3 is 19.4 Å². The molecule has 2 heterocycles. The maximum absolute atomic E-state index is 5.68. The summed E-state index contributed by atoms with van der Waals surface area (Å²) in [5.41, 5.74) is 0.859. The van der Waals surface area contributed by atoms with Crippen molar-refractivity contribution in [2.45, 2.75) is 19.4 Å². The summed E-state index contributed by atoms with van der Waals surface area (Å²) in [6, 6.07) is 3.99. The van der Waals surface area contributed by atoms with Gasteiger partial charge in [-0.2, -0.15) is 0 Å². The molecular weight excluding hydrogens is 451 g/mol. The number of halogens is 1. The molecule has 25 heavy (non-hydrogen) atoms. The minimum atomic E-state index is 0. The number of ether oxygens (including phenoxy) is 1. The summed E-state index contributed by atoms with van der Waals surface area (Å²) in [5, 5.41) is 5.32.